The van der Waals surface area contributed by atoms with E-state index in [1.807, 2.05) is 6.92 Å². The van der Waals surface area contributed by atoms with Crippen molar-refractivity contribution in [3.8, 4) is 0 Å². The molecule has 7 nitrogen and oxygen atoms in total. The first-order chi connectivity index (χ1) is 14.0. The lowest BCUT2D eigenvalue weighted by molar-refractivity contribution is -0.196. The average molecular weight is 503 g/mol. The number of carbonyl (C=O) groups is 2. The molecule has 2 aliphatic heterocycles. The molecule has 12 heteroatoms. The summed E-state index contributed by atoms with van der Waals surface area (Å²) >= 11 is 4.57. The van der Waals surface area contributed by atoms with E-state index in [-0.39, 0.29) is 23.1 Å². The number of fused-ring (bicyclic) bond motifs is 3. The zero-order valence-corrected chi connectivity index (χ0v) is 17.7. The molecule has 30 heavy (non-hydrogen) atoms. The highest BCUT2D eigenvalue weighted by atomic mass is 79.9. The van der Waals surface area contributed by atoms with Crippen molar-refractivity contribution in [1.82, 2.24) is 14.9 Å². The molecule has 1 aromatic carbocycles. The molecule has 0 bridgehead atoms. The van der Waals surface area contributed by atoms with Gasteiger partial charge in [0.15, 0.2) is 5.16 Å². The van der Waals surface area contributed by atoms with Crippen LogP contribution in [-0.4, -0.2) is 37.6 Å². The van der Waals surface area contributed by atoms with Crippen LogP contribution in [-0.2, 0) is 16.9 Å². The van der Waals surface area contributed by atoms with E-state index >= 15 is 0 Å². The molecule has 2 N–H and O–H groups in total. The smallest absolute Gasteiger partial charge is 0.326 e. The number of rotatable bonds is 3. The van der Waals surface area contributed by atoms with Crippen LogP contribution in [0, 0.1) is 0 Å². The van der Waals surface area contributed by atoms with Crippen LogP contribution in [0.15, 0.2) is 40.3 Å². The summed E-state index contributed by atoms with van der Waals surface area (Å²) in [6, 6.07) is 7.14. The fraction of sp³-hybridized carbons (Fsp3) is 0.333. The highest BCUT2D eigenvalue weighted by molar-refractivity contribution is 9.09. The molecule has 0 radical (unpaired) electrons. The van der Waals surface area contributed by atoms with Crippen molar-refractivity contribution in [3.05, 3.63) is 51.8 Å². The third kappa shape index (κ3) is 2.96. The van der Waals surface area contributed by atoms with Crippen LogP contribution in [0.4, 0.5) is 19.0 Å². The molecule has 2 aromatic rings. The van der Waals surface area contributed by atoms with Crippen molar-refractivity contribution in [2.24, 2.45) is 0 Å². The Kier molecular flexibility index (Phi) is 4.77. The van der Waals surface area contributed by atoms with Gasteiger partial charge in [-0.3, -0.25) is 14.4 Å². The van der Waals surface area contributed by atoms with Gasteiger partial charge in [-0.05, 0) is 19.1 Å². The van der Waals surface area contributed by atoms with Gasteiger partial charge in [0, 0.05) is 22.2 Å². The lowest BCUT2D eigenvalue weighted by Gasteiger charge is -2.30. The average Bonchev–Trinajstić information content (AvgIpc) is 3.18. The number of nitrogens with zero attached hydrogens (tertiary/aromatic N) is 2. The van der Waals surface area contributed by atoms with Crippen LogP contribution in [0.3, 0.4) is 0 Å². The maximum absolute atomic E-state index is 14.3. The molecule has 0 saturated heterocycles. The Bertz CT molecular complexity index is 1120. The van der Waals surface area contributed by atoms with E-state index in [1.165, 1.54) is 40.6 Å². The zero-order valence-electron chi connectivity index (χ0n) is 15.3. The van der Waals surface area contributed by atoms with Crippen molar-refractivity contribution >= 4 is 45.3 Å². The Morgan fingerprint density at radius 2 is 2.00 bits per heavy atom. The number of benzene rings is 1. The lowest BCUT2D eigenvalue weighted by atomic mass is 9.91. The summed E-state index contributed by atoms with van der Waals surface area (Å²) in [7, 11) is 0. The van der Waals surface area contributed by atoms with Crippen molar-refractivity contribution in [3.63, 3.8) is 0 Å². The Morgan fingerprint density at radius 1 is 1.33 bits per heavy atom. The molecule has 0 unspecified atom stereocenters. The van der Waals surface area contributed by atoms with E-state index in [0.29, 0.717) is 5.33 Å². The third-order valence-corrected chi connectivity index (χ3v) is 7.84. The summed E-state index contributed by atoms with van der Waals surface area (Å²) in [5, 5.41) is 4.64. The van der Waals surface area contributed by atoms with Gasteiger partial charge in [-0.1, -0.05) is 45.9 Å². The van der Waals surface area contributed by atoms with Gasteiger partial charge in [-0.2, -0.15) is 18.2 Å². The van der Waals surface area contributed by atoms with Gasteiger partial charge in [-0.15, -0.1) is 0 Å². The van der Waals surface area contributed by atoms with Gasteiger partial charge in [0.25, 0.3) is 22.9 Å². The fourth-order valence-electron chi connectivity index (χ4n) is 3.49. The Hall–Kier alpha value is -2.34. The van der Waals surface area contributed by atoms with Gasteiger partial charge in [0.05, 0.1) is 0 Å². The van der Waals surface area contributed by atoms with Crippen LogP contribution in [0.1, 0.15) is 22.8 Å². The molecule has 0 spiro atoms. The standard InChI is InChI=1S/C18H14BrF3N4O3S/c1-16(7-19)8-26-11-10(13(28)24-15(26)30-16)17(14(29)23-11,18(20,21)22)25-12(27)9-5-3-2-4-6-9/h2-6H,7-8H2,1H3,(H,23,29)(H,25,27)/t16-,17-/m1/s1. The number of hydrogen-bond acceptors (Lipinski definition) is 5. The van der Waals surface area contributed by atoms with Crippen LogP contribution in [0.2, 0.25) is 0 Å². The van der Waals surface area contributed by atoms with E-state index in [4.69, 9.17) is 0 Å². The summed E-state index contributed by atoms with van der Waals surface area (Å²) < 4.78 is 43.8. The summed E-state index contributed by atoms with van der Waals surface area (Å²) in [6.45, 7) is 2.07. The van der Waals surface area contributed by atoms with Crippen molar-refractivity contribution in [1.29, 1.82) is 0 Å². The van der Waals surface area contributed by atoms with Gasteiger partial charge in [0.2, 0.25) is 0 Å². The molecular formula is C18H14BrF3N4O3S. The van der Waals surface area contributed by atoms with Crippen molar-refractivity contribution in [2.45, 2.75) is 35.1 Å². The second-order valence-electron chi connectivity index (χ2n) is 7.22. The minimum atomic E-state index is -5.28. The van der Waals surface area contributed by atoms with Crippen LogP contribution >= 0.6 is 27.7 Å². The van der Waals surface area contributed by atoms with Gasteiger partial charge in [0.1, 0.15) is 11.4 Å². The first-order valence-corrected chi connectivity index (χ1v) is 10.6. The number of halogens is 4. The number of hydrogen-bond donors (Lipinski definition) is 2. The molecule has 0 fully saturated rings. The highest BCUT2D eigenvalue weighted by Gasteiger charge is 2.69. The molecule has 2 amide bonds. The highest BCUT2D eigenvalue weighted by Crippen LogP contribution is 2.49. The predicted molar refractivity (Wildman–Crippen MR) is 107 cm³/mol. The maximum Gasteiger partial charge on any atom is 0.425 e. The summed E-state index contributed by atoms with van der Waals surface area (Å²) in [6.07, 6.45) is -5.28. The topological polar surface area (TPSA) is 93.1 Å². The van der Waals surface area contributed by atoms with Gasteiger partial charge in [-0.25, -0.2) is 0 Å². The van der Waals surface area contributed by atoms with Crippen molar-refractivity contribution in [2.75, 3.05) is 10.6 Å². The van der Waals surface area contributed by atoms with E-state index in [2.05, 4.69) is 26.2 Å². The molecule has 0 aliphatic carbocycles. The maximum atomic E-state index is 14.3. The number of thioether (sulfide) groups is 1. The lowest BCUT2D eigenvalue weighted by Crippen LogP contribution is -2.61. The molecule has 0 saturated carbocycles. The van der Waals surface area contributed by atoms with Crippen LogP contribution in [0.5, 0.6) is 0 Å². The van der Waals surface area contributed by atoms with E-state index in [9.17, 15) is 27.6 Å². The Labute approximate surface area is 180 Å². The fourth-order valence-corrected chi connectivity index (χ4v) is 5.10. The Balaban J connectivity index is 1.90. The normalized spacial score (nSPS) is 24.9. The largest absolute Gasteiger partial charge is 0.425 e. The molecule has 4 rings (SSSR count). The first kappa shape index (κ1) is 20.9. The molecule has 158 valence electrons. The second-order valence-corrected chi connectivity index (χ2v) is 9.33. The molecule has 2 atom stereocenters. The quantitative estimate of drug-likeness (QED) is 0.497. The molecule has 1 aromatic heterocycles. The number of alkyl halides is 4. The number of amides is 2. The molecular weight excluding hydrogens is 489 g/mol. The first-order valence-electron chi connectivity index (χ1n) is 8.68. The SMILES string of the molecule is C[C@@]1(CBr)Cn2c(nc(=O)c3c2NC(=O)[C@@]3(NC(=O)c2ccccc2)C(F)(F)F)S1. The van der Waals surface area contributed by atoms with Gasteiger partial charge >= 0.3 is 6.18 Å². The van der Waals surface area contributed by atoms with E-state index < -0.39 is 39.4 Å². The van der Waals surface area contributed by atoms with E-state index in [1.54, 1.807) is 11.4 Å². The molecule has 2 aliphatic rings. The predicted octanol–water partition coefficient (Wildman–Crippen LogP) is 2.64. The summed E-state index contributed by atoms with van der Waals surface area (Å²) in [4.78, 5) is 41.8. The summed E-state index contributed by atoms with van der Waals surface area (Å²) in [5.74, 6) is -2.98. The van der Waals surface area contributed by atoms with Gasteiger partial charge < -0.3 is 15.2 Å². The van der Waals surface area contributed by atoms with Crippen LogP contribution in [0.25, 0.3) is 0 Å². The number of carbonyl (C=O) groups excluding carboxylic acids is 2. The third-order valence-electron chi connectivity index (χ3n) is 4.97. The minimum Gasteiger partial charge on any atom is -0.326 e. The monoisotopic (exact) mass is 502 g/mol. The van der Waals surface area contributed by atoms with Crippen LogP contribution < -0.4 is 16.2 Å². The minimum absolute atomic E-state index is 0.0842. The Morgan fingerprint density at radius 3 is 2.60 bits per heavy atom. The number of nitrogens with one attached hydrogen (secondary N) is 2. The van der Waals surface area contributed by atoms with E-state index in [0.717, 1.165) is 0 Å². The van der Waals surface area contributed by atoms with Crippen molar-refractivity contribution < 1.29 is 22.8 Å². The zero-order chi connectivity index (χ0) is 21.9. The molecule has 3 heterocycles. The summed E-state index contributed by atoms with van der Waals surface area (Å²) in [5.41, 5.74) is -5.77. The second kappa shape index (κ2) is 6.84. The number of anilines is 1. The number of aromatic nitrogens is 2.